The fraction of sp³-hybridized carbons (Fsp3) is 0.346. The molecule has 1 aliphatic heterocycles. The van der Waals surface area contributed by atoms with Crippen molar-refractivity contribution in [3.05, 3.63) is 90.3 Å². The van der Waals surface area contributed by atoms with E-state index >= 15 is 0 Å². The van der Waals surface area contributed by atoms with Gasteiger partial charge in [0.1, 0.15) is 17.5 Å². The Bertz CT molecular complexity index is 1090. The molecule has 3 heterocycles. The predicted octanol–water partition coefficient (Wildman–Crippen LogP) is 4.88. The first-order chi connectivity index (χ1) is 16.3. The van der Waals surface area contributed by atoms with Crippen LogP contribution < -0.4 is 0 Å². The Balaban J connectivity index is 1.08. The van der Waals surface area contributed by atoms with E-state index in [2.05, 4.69) is 80.7 Å². The number of likely N-dealkylation sites (tertiary alicyclic amines) is 1. The lowest BCUT2D eigenvalue weighted by Gasteiger charge is -2.34. The Morgan fingerprint density at radius 1 is 0.909 bits per heavy atom. The molecule has 0 atom stereocenters. The van der Waals surface area contributed by atoms with E-state index in [1.165, 1.54) is 17.5 Å². The molecule has 0 spiro atoms. The molecule has 4 aromatic rings. The summed E-state index contributed by atoms with van der Waals surface area (Å²) < 4.78 is 8.26. The zero-order valence-corrected chi connectivity index (χ0v) is 19.5. The van der Waals surface area contributed by atoms with Gasteiger partial charge in [-0.25, -0.2) is 4.98 Å². The first kappa shape index (κ1) is 22.1. The van der Waals surface area contributed by atoms with Crippen LogP contribution in [0.5, 0.6) is 0 Å². The lowest BCUT2D eigenvalue weighted by atomic mass is 10.00. The monoisotopic (exact) mass is 459 g/mol. The third kappa shape index (κ3) is 5.79. The molecule has 0 unspecified atom stereocenters. The third-order valence-corrected chi connectivity index (χ3v) is 7.07. The van der Waals surface area contributed by atoms with Gasteiger partial charge in [0.15, 0.2) is 5.65 Å². The molecule has 33 heavy (non-hydrogen) atoms. The number of hydrogen-bond acceptors (Lipinski definition) is 6. The third-order valence-electron chi connectivity index (χ3n) is 6.06. The summed E-state index contributed by atoms with van der Waals surface area (Å²) in [7, 11) is 0. The maximum Gasteiger partial charge on any atom is 0.176 e. The first-order valence-electron chi connectivity index (χ1n) is 11.6. The molecule has 7 heteroatoms. The van der Waals surface area contributed by atoms with Crippen LogP contribution in [-0.4, -0.2) is 56.2 Å². The van der Waals surface area contributed by atoms with Crippen LogP contribution in [0.25, 0.3) is 5.65 Å². The quantitative estimate of drug-likeness (QED) is 0.263. The van der Waals surface area contributed by atoms with Crippen molar-refractivity contribution in [1.29, 1.82) is 0 Å². The average molecular weight is 460 g/mol. The van der Waals surface area contributed by atoms with Crippen LogP contribution in [0.1, 0.15) is 36.5 Å². The molecule has 5 rings (SSSR count). The van der Waals surface area contributed by atoms with E-state index in [4.69, 9.17) is 4.74 Å². The van der Waals surface area contributed by atoms with Crippen LogP contribution in [0.3, 0.4) is 0 Å². The highest BCUT2D eigenvalue weighted by molar-refractivity contribution is 7.99. The average Bonchev–Trinajstić information content (AvgIpc) is 3.35. The van der Waals surface area contributed by atoms with E-state index in [0.29, 0.717) is 6.10 Å². The number of benzene rings is 2. The number of fused-ring (bicyclic) bond motifs is 1. The van der Waals surface area contributed by atoms with Crippen LogP contribution in [0.4, 0.5) is 0 Å². The number of aromatic nitrogens is 4. The maximum atomic E-state index is 6.67. The summed E-state index contributed by atoms with van der Waals surface area (Å²) in [5.74, 6) is 1.05. The molecule has 1 aliphatic rings. The van der Waals surface area contributed by atoms with Crippen LogP contribution in [0, 0.1) is 0 Å². The van der Waals surface area contributed by atoms with E-state index < -0.39 is 0 Å². The summed E-state index contributed by atoms with van der Waals surface area (Å²) in [5.41, 5.74) is 3.23. The Hall–Kier alpha value is -2.74. The molecule has 1 fully saturated rings. The van der Waals surface area contributed by atoms with Gasteiger partial charge in [0.05, 0.1) is 6.10 Å². The summed E-state index contributed by atoms with van der Waals surface area (Å²) in [6, 6.07) is 25.1. The summed E-state index contributed by atoms with van der Waals surface area (Å²) in [6.07, 6.45) is 5.12. The zero-order chi connectivity index (χ0) is 22.3. The molecule has 170 valence electrons. The van der Waals surface area contributed by atoms with Crippen molar-refractivity contribution in [1.82, 2.24) is 24.7 Å². The van der Waals surface area contributed by atoms with Crippen molar-refractivity contribution in [3.63, 3.8) is 0 Å². The summed E-state index contributed by atoms with van der Waals surface area (Å²) in [6.45, 7) is 3.30. The van der Waals surface area contributed by atoms with E-state index in [1.807, 2.05) is 12.1 Å². The van der Waals surface area contributed by atoms with Crippen LogP contribution in [-0.2, 0) is 4.74 Å². The van der Waals surface area contributed by atoms with Gasteiger partial charge in [0, 0.05) is 18.8 Å². The van der Waals surface area contributed by atoms with E-state index in [9.17, 15) is 0 Å². The molecule has 1 saturated heterocycles. The number of rotatable bonds is 9. The van der Waals surface area contributed by atoms with Gasteiger partial charge in [-0.1, -0.05) is 60.7 Å². The smallest absolute Gasteiger partial charge is 0.176 e. The molecule has 0 amide bonds. The van der Waals surface area contributed by atoms with Gasteiger partial charge in [0.25, 0.3) is 0 Å². The number of ether oxygens (including phenoxy) is 1. The van der Waals surface area contributed by atoms with Crippen LogP contribution >= 0.6 is 11.8 Å². The van der Waals surface area contributed by atoms with Crippen molar-refractivity contribution in [3.8, 4) is 0 Å². The van der Waals surface area contributed by atoms with Crippen LogP contribution in [0.15, 0.2) is 84.1 Å². The molecular formula is C26H29N5OS. The Morgan fingerprint density at radius 2 is 1.61 bits per heavy atom. The number of nitrogens with zero attached hydrogens (tertiary/aromatic N) is 5. The minimum Gasteiger partial charge on any atom is -0.365 e. The van der Waals surface area contributed by atoms with Crippen molar-refractivity contribution in [2.24, 2.45) is 0 Å². The second-order valence-corrected chi connectivity index (χ2v) is 9.47. The zero-order valence-electron chi connectivity index (χ0n) is 18.7. The molecule has 2 aromatic carbocycles. The number of hydrogen-bond donors (Lipinski definition) is 0. The fourth-order valence-corrected chi connectivity index (χ4v) is 5.09. The predicted molar refractivity (Wildman–Crippen MR) is 131 cm³/mol. The maximum absolute atomic E-state index is 6.67. The van der Waals surface area contributed by atoms with Crippen molar-refractivity contribution in [2.45, 2.75) is 36.5 Å². The van der Waals surface area contributed by atoms with Crippen molar-refractivity contribution < 1.29 is 4.74 Å². The van der Waals surface area contributed by atoms with Gasteiger partial charge in [-0.15, -0.1) is 26.6 Å². The van der Waals surface area contributed by atoms with Gasteiger partial charge in [-0.3, -0.25) is 0 Å². The van der Waals surface area contributed by atoms with Gasteiger partial charge in [0.2, 0.25) is 0 Å². The van der Waals surface area contributed by atoms with Crippen LogP contribution in [0.2, 0.25) is 0 Å². The summed E-state index contributed by atoms with van der Waals surface area (Å²) >= 11 is 1.78. The summed E-state index contributed by atoms with van der Waals surface area (Å²) in [5, 5.41) is 9.58. The minimum absolute atomic E-state index is 0.00447. The number of piperidine rings is 1. The van der Waals surface area contributed by atoms with Crippen molar-refractivity contribution >= 4 is 17.4 Å². The molecule has 0 N–H and O–H groups in total. The molecule has 0 saturated carbocycles. The highest BCUT2D eigenvalue weighted by atomic mass is 32.2. The first-order valence-corrected chi connectivity index (χ1v) is 12.6. The highest BCUT2D eigenvalue weighted by Gasteiger charge is 2.24. The van der Waals surface area contributed by atoms with E-state index in [1.54, 1.807) is 16.4 Å². The van der Waals surface area contributed by atoms with Gasteiger partial charge in [-0.05, 0) is 49.1 Å². The Labute approximate surface area is 199 Å². The van der Waals surface area contributed by atoms with E-state index in [-0.39, 0.29) is 6.10 Å². The van der Waals surface area contributed by atoms with Gasteiger partial charge < -0.3 is 9.64 Å². The number of thioether (sulfide) groups is 1. The second-order valence-electron chi connectivity index (χ2n) is 8.36. The molecule has 0 radical (unpaired) electrons. The van der Waals surface area contributed by atoms with Gasteiger partial charge >= 0.3 is 0 Å². The molecule has 0 bridgehead atoms. The fourth-order valence-electron chi connectivity index (χ4n) is 4.31. The normalized spacial score (nSPS) is 15.4. The van der Waals surface area contributed by atoms with Gasteiger partial charge in [-0.2, -0.15) is 0 Å². The molecule has 6 nitrogen and oxygen atoms in total. The standard InChI is InChI=1S/C26H29N5OS/c1-3-8-21(9-4-1)26(22-10-5-2-6-11-22)32-23-14-17-30(18-15-23)16-7-19-33-25-13-12-24-27-20-28-31(24)29-25/h1-6,8-13,20,23,26H,7,14-19H2. The SMILES string of the molecule is c1ccc(C(OC2CCN(CCCSc3ccc4ncnn4n3)CC2)c2ccccc2)cc1. The largest absolute Gasteiger partial charge is 0.365 e. The van der Waals surface area contributed by atoms with Crippen molar-refractivity contribution in [2.75, 3.05) is 25.4 Å². The summed E-state index contributed by atoms with van der Waals surface area (Å²) in [4.78, 5) is 6.70. The molecule has 0 aliphatic carbocycles. The highest BCUT2D eigenvalue weighted by Crippen LogP contribution is 2.30. The Morgan fingerprint density at radius 3 is 2.30 bits per heavy atom. The molecular weight excluding hydrogens is 430 g/mol. The topological polar surface area (TPSA) is 55.5 Å². The van der Waals surface area contributed by atoms with E-state index in [0.717, 1.165) is 55.3 Å². The second kappa shape index (κ2) is 10.9. The minimum atomic E-state index is -0.00447. The lowest BCUT2D eigenvalue weighted by Crippen LogP contribution is -2.38. The molecule has 2 aromatic heterocycles. The lowest BCUT2D eigenvalue weighted by molar-refractivity contribution is -0.0268. The Kier molecular flexibility index (Phi) is 7.30.